The molecule has 2 fully saturated rings. The lowest BCUT2D eigenvalue weighted by atomic mass is 10.1. The van der Waals surface area contributed by atoms with Gasteiger partial charge in [0.15, 0.2) is 0 Å². The fourth-order valence-corrected chi connectivity index (χ4v) is 3.21. The molecule has 1 aliphatic heterocycles. The van der Waals surface area contributed by atoms with Gasteiger partial charge in [-0.1, -0.05) is 12.8 Å². The highest BCUT2D eigenvalue weighted by Crippen LogP contribution is 2.50. The SMILES string of the molecule is C1CCC(C2OSS2)C1. The first-order valence-corrected chi connectivity index (χ1v) is 5.59. The third-order valence-corrected chi connectivity index (χ3v) is 4.25. The van der Waals surface area contributed by atoms with E-state index in [0.717, 1.165) is 5.92 Å². The molecule has 0 aromatic heterocycles. The van der Waals surface area contributed by atoms with E-state index in [2.05, 4.69) is 0 Å². The molecule has 3 heteroatoms. The standard InChI is InChI=1S/C6H10OS2/c1-2-4-5(3-1)6-7-9-8-6/h5-6H,1-4H2. The quantitative estimate of drug-likeness (QED) is 0.433. The topological polar surface area (TPSA) is 9.23 Å². The van der Waals surface area contributed by atoms with Crippen molar-refractivity contribution in [3.8, 4) is 0 Å². The van der Waals surface area contributed by atoms with E-state index in [9.17, 15) is 0 Å². The summed E-state index contributed by atoms with van der Waals surface area (Å²) in [4.78, 5) is 0. The van der Waals surface area contributed by atoms with Crippen molar-refractivity contribution in [1.82, 2.24) is 0 Å². The van der Waals surface area contributed by atoms with Crippen LogP contribution in [0.3, 0.4) is 0 Å². The van der Waals surface area contributed by atoms with Gasteiger partial charge in [0.1, 0.15) is 5.44 Å². The lowest BCUT2D eigenvalue weighted by Gasteiger charge is -2.27. The smallest absolute Gasteiger partial charge is 0.133 e. The Morgan fingerprint density at radius 1 is 1.22 bits per heavy atom. The maximum absolute atomic E-state index is 5.29. The Balaban J connectivity index is 1.82. The van der Waals surface area contributed by atoms with Crippen molar-refractivity contribution in [1.29, 1.82) is 0 Å². The summed E-state index contributed by atoms with van der Waals surface area (Å²) in [6.45, 7) is 0. The van der Waals surface area contributed by atoms with Gasteiger partial charge in [0.25, 0.3) is 0 Å². The molecule has 9 heavy (non-hydrogen) atoms. The summed E-state index contributed by atoms with van der Waals surface area (Å²) >= 11 is 1.55. The van der Waals surface area contributed by atoms with Gasteiger partial charge in [-0.25, -0.2) is 0 Å². The number of rotatable bonds is 1. The Morgan fingerprint density at radius 2 is 1.89 bits per heavy atom. The second kappa shape index (κ2) is 2.72. The van der Waals surface area contributed by atoms with Crippen molar-refractivity contribution >= 4 is 21.9 Å². The molecule has 52 valence electrons. The molecule has 0 bridgehead atoms. The van der Waals surface area contributed by atoms with Crippen LogP contribution in [0, 0.1) is 5.92 Å². The first-order chi connectivity index (χ1) is 4.47. The zero-order valence-corrected chi connectivity index (χ0v) is 6.84. The first-order valence-electron chi connectivity index (χ1n) is 3.45. The number of hydrogen-bond acceptors (Lipinski definition) is 3. The molecule has 0 aromatic rings. The van der Waals surface area contributed by atoms with Gasteiger partial charge < -0.3 is 0 Å². The molecule has 0 aromatic carbocycles. The van der Waals surface area contributed by atoms with Crippen molar-refractivity contribution in [3.05, 3.63) is 0 Å². The van der Waals surface area contributed by atoms with Gasteiger partial charge in [-0.15, -0.1) is 0 Å². The average molecular weight is 162 g/mol. The van der Waals surface area contributed by atoms with Crippen LogP contribution in [0.2, 0.25) is 0 Å². The van der Waals surface area contributed by atoms with E-state index < -0.39 is 0 Å². The molecule has 0 spiro atoms. The normalized spacial score (nSPS) is 36.7. The molecule has 1 nitrogen and oxygen atoms in total. The molecule has 1 atom stereocenters. The Hall–Kier alpha value is 0.660. The van der Waals surface area contributed by atoms with E-state index in [1.165, 1.54) is 25.7 Å². The second-order valence-corrected chi connectivity index (χ2v) is 4.64. The van der Waals surface area contributed by atoms with Gasteiger partial charge in [0.05, 0.1) is 11.1 Å². The zero-order valence-electron chi connectivity index (χ0n) is 5.21. The van der Waals surface area contributed by atoms with Gasteiger partial charge in [-0.3, -0.25) is 4.18 Å². The molecule has 1 saturated carbocycles. The van der Waals surface area contributed by atoms with Crippen molar-refractivity contribution in [3.63, 3.8) is 0 Å². The molecule has 1 saturated heterocycles. The summed E-state index contributed by atoms with van der Waals surface area (Å²) in [7, 11) is 1.90. The van der Waals surface area contributed by atoms with Crippen LogP contribution in [0.15, 0.2) is 0 Å². The fraction of sp³-hybridized carbons (Fsp3) is 1.00. The predicted octanol–water partition coefficient (Wildman–Crippen LogP) is 2.83. The predicted molar refractivity (Wildman–Crippen MR) is 42.0 cm³/mol. The Bertz CT molecular complexity index is 97.2. The minimum absolute atomic E-state index is 0.553. The van der Waals surface area contributed by atoms with Crippen molar-refractivity contribution in [2.24, 2.45) is 5.92 Å². The molecule has 1 heterocycles. The minimum Gasteiger partial charge on any atom is -0.289 e. The molecule has 1 unspecified atom stereocenters. The summed E-state index contributed by atoms with van der Waals surface area (Å²) < 4.78 is 5.29. The molecule has 0 radical (unpaired) electrons. The summed E-state index contributed by atoms with van der Waals surface area (Å²) in [5, 5.41) is 0. The Kier molecular flexibility index (Phi) is 1.93. The maximum atomic E-state index is 5.29. The van der Waals surface area contributed by atoms with Crippen molar-refractivity contribution in [2.45, 2.75) is 31.1 Å². The van der Waals surface area contributed by atoms with E-state index in [1.807, 2.05) is 10.8 Å². The summed E-state index contributed by atoms with van der Waals surface area (Å²) in [5.74, 6) is 0.885. The summed E-state index contributed by atoms with van der Waals surface area (Å²) in [6.07, 6.45) is 5.65. The van der Waals surface area contributed by atoms with Crippen molar-refractivity contribution in [2.75, 3.05) is 0 Å². The molecular weight excluding hydrogens is 152 g/mol. The maximum Gasteiger partial charge on any atom is 0.133 e. The molecule has 1 aliphatic carbocycles. The highest BCUT2D eigenvalue weighted by Gasteiger charge is 2.32. The van der Waals surface area contributed by atoms with Gasteiger partial charge in [0, 0.05) is 0 Å². The average Bonchev–Trinajstić information content (AvgIpc) is 2.11. The van der Waals surface area contributed by atoms with Crippen molar-refractivity contribution < 1.29 is 4.18 Å². The summed E-state index contributed by atoms with van der Waals surface area (Å²) in [5.41, 5.74) is 0.553. The highest BCUT2D eigenvalue weighted by atomic mass is 33.1. The molecule has 0 N–H and O–H groups in total. The highest BCUT2D eigenvalue weighted by molar-refractivity contribution is 8.77. The van der Waals surface area contributed by atoms with Crippen LogP contribution in [0.1, 0.15) is 25.7 Å². The summed E-state index contributed by atoms with van der Waals surface area (Å²) in [6, 6.07) is 0. The van der Waals surface area contributed by atoms with Gasteiger partial charge >= 0.3 is 0 Å². The van der Waals surface area contributed by atoms with E-state index in [1.54, 1.807) is 11.1 Å². The third kappa shape index (κ3) is 1.23. The Morgan fingerprint density at radius 3 is 2.33 bits per heavy atom. The van der Waals surface area contributed by atoms with Gasteiger partial charge in [0.2, 0.25) is 0 Å². The third-order valence-electron chi connectivity index (χ3n) is 2.05. The van der Waals surface area contributed by atoms with Crippen LogP contribution < -0.4 is 0 Å². The van der Waals surface area contributed by atoms with Crippen LogP contribution in [0.5, 0.6) is 0 Å². The van der Waals surface area contributed by atoms with Crippen LogP contribution >= 0.6 is 21.9 Å². The van der Waals surface area contributed by atoms with Crippen LogP contribution in [0.4, 0.5) is 0 Å². The zero-order chi connectivity index (χ0) is 6.10. The fourth-order valence-electron chi connectivity index (χ4n) is 1.47. The molecule has 2 aliphatic rings. The van der Waals surface area contributed by atoms with Crippen LogP contribution in [0.25, 0.3) is 0 Å². The van der Waals surface area contributed by atoms with E-state index in [-0.39, 0.29) is 0 Å². The largest absolute Gasteiger partial charge is 0.289 e. The van der Waals surface area contributed by atoms with E-state index >= 15 is 0 Å². The van der Waals surface area contributed by atoms with Crippen LogP contribution in [-0.4, -0.2) is 5.44 Å². The van der Waals surface area contributed by atoms with Crippen LogP contribution in [-0.2, 0) is 4.18 Å². The lowest BCUT2D eigenvalue weighted by Crippen LogP contribution is -2.19. The van der Waals surface area contributed by atoms with Gasteiger partial charge in [-0.2, -0.15) is 0 Å². The van der Waals surface area contributed by atoms with E-state index in [4.69, 9.17) is 4.18 Å². The molecular formula is C6H10OS2. The minimum atomic E-state index is 0.553. The monoisotopic (exact) mass is 162 g/mol. The molecule has 2 rings (SSSR count). The van der Waals surface area contributed by atoms with Gasteiger partial charge in [-0.05, 0) is 29.6 Å². The van der Waals surface area contributed by atoms with E-state index in [0.29, 0.717) is 5.44 Å². The second-order valence-electron chi connectivity index (χ2n) is 2.67. The number of hydrogen-bond donors (Lipinski definition) is 0. The lowest BCUT2D eigenvalue weighted by molar-refractivity contribution is 0.247. The first kappa shape index (κ1) is 6.38. The molecule has 0 amide bonds. The Labute approximate surface area is 63.5 Å².